The van der Waals surface area contributed by atoms with E-state index in [2.05, 4.69) is 4.74 Å². The van der Waals surface area contributed by atoms with E-state index in [4.69, 9.17) is 8.92 Å². The minimum atomic E-state index is -4.47. The molecule has 0 spiro atoms. The maximum atomic E-state index is 11.2. The Kier molecular flexibility index (Phi) is 6.95. The van der Waals surface area contributed by atoms with Crippen LogP contribution in [0.2, 0.25) is 0 Å². The van der Waals surface area contributed by atoms with Gasteiger partial charge in [0.25, 0.3) is 10.1 Å². The zero-order chi connectivity index (χ0) is 17.8. The van der Waals surface area contributed by atoms with E-state index in [0.29, 0.717) is 6.42 Å². The largest absolute Gasteiger partial charge is 0.748 e. The smallest absolute Gasteiger partial charge is 0.319 e. The van der Waals surface area contributed by atoms with Crippen LogP contribution in [-0.4, -0.2) is 63.3 Å². The maximum absolute atomic E-state index is 11.2. The van der Waals surface area contributed by atoms with E-state index in [0.717, 1.165) is 6.42 Å². The lowest BCUT2D eigenvalue weighted by Gasteiger charge is -2.06. The Balaban J connectivity index is 0.000000210. The number of carbonyl (C=O) groups is 1. The molecule has 0 aliphatic carbocycles. The van der Waals surface area contributed by atoms with Crippen LogP contribution in [0.15, 0.2) is 0 Å². The Bertz CT molecular complexity index is 608. The first-order chi connectivity index (χ1) is 10.6. The highest BCUT2D eigenvalue weighted by molar-refractivity contribution is 7.87. The van der Waals surface area contributed by atoms with Crippen LogP contribution >= 0.6 is 0 Å². The number of ether oxygens (including phenoxy) is 2. The van der Waals surface area contributed by atoms with Gasteiger partial charge in [0.05, 0.1) is 12.7 Å². The molecule has 3 aliphatic rings. The van der Waals surface area contributed by atoms with Gasteiger partial charge >= 0.3 is 5.97 Å². The lowest BCUT2D eigenvalue weighted by molar-refractivity contribution is -0.140. The van der Waals surface area contributed by atoms with Gasteiger partial charge in [0.2, 0.25) is 0 Å². The molecule has 0 saturated carbocycles. The van der Waals surface area contributed by atoms with Gasteiger partial charge in [-0.3, -0.25) is 8.98 Å². The topological polar surface area (TPSA) is 136 Å². The second-order valence-corrected chi connectivity index (χ2v) is 8.05. The second-order valence-electron chi connectivity index (χ2n) is 4.87. The molecule has 4 unspecified atom stereocenters. The molecular weight excluding hydrogens is 352 g/mol. The van der Waals surface area contributed by atoms with Crippen LogP contribution in [0, 0.1) is 0 Å². The molecule has 3 heterocycles. The van der Waals surface area contributed by atoms with Gasteiger partial charge in [0, 0.05) is 6.42 Å². The van der Waals surface area contributed by atoms with E-state index in [1.165, 1.54) is 6.92 Å². The van der Waals surface area contributed by atoms with E-state index in [9.17, 15) is 26.2 Å². The van der Waals surface area contributed by atoms with Crippen molar-refractivity contribution in [2.75, 3.05) is 12.4 Å². The Morgan fingerprint density at radius 2 is 1.91 bits per heavy atom. The van der Waals surface area contributed by atoms with Gasteiger partial charge in [-0.2, -0.15) is 8.42 Å². The van der Waals surface area contributed by atoms with Gasteiger partial charge in [-0.15, -0.1) is 0 Å². The molecule has 3 saturated heterocycles. The van der Waals surface area contributed by atoms with Gasteiger partial charge in [0.15, 0.2) is 0 Å². The molecule has 0 aromatic heterocycles. The van der Waals surface area contributed by atoms with E-state index < -0.39 is 32.0 Å². The summed E-state index contributed by atoms with van der Waals surface area (Å²) in [5, 5.41) is -0.355. The van der Waals surface area contributed by atoms with E-state index in [1.54, 1.807) is 0 Å². The molecule has 0 radical (unpaired) electrons. The highest BCUT2D eigenvalue weighted by Gasteiger charge is 2.60. The van der Waals surface area contributed by atoms with Crippen molar-refractivity contribution in [3.05, 3.63) is 0 Å². The summed E-state index contributed by atoms with van der Waals surface area (Å²) < 4.78 is 66.4. The molecule has 3 aliphatic heterocycles. The first-order valence-electron chi connectivity index (χ1n) is 7.29. The Morgan fingerprint density at radius 3 is 2.30 bits per heavy atom. The maximum Gasteiger partial charge on any atom is 0.319 e. The molecule has 136 valence electrons. The SMILES string of the molecule is CC.CCOC(=O)CS(=O)(=O)[O-].O=S1(=O)OC2CC3CC1C2O3. The minimum Gasteiger partial charge on any atom is -0.748 e. The van der Waals surface area contributed by atoms with Crippen LogP contribution in [0.3, 0.4) is 0 Å². The monoisotopic (exact) mass is 373 g/mol. The van der Waals surface area contributed by atoms with Crippen molar-refractivity contribution < 1.29 is 39.8 Å². The van der Waals surface area contributed by atoms with Crippen molar-refractivity contribution in [2.24, 2.45) is 0 Å². The molecule has 4 atom stereocenters. The average Bonchev–Trinajstić information content (AvgIpc) is 3.01. The zero-order valence-corrected chi connectivity index (χ0v) is 14.8. The Morgan fingerprint density at radius 1 is 1.30 bits per heavy atom. The molecule has 0 N–H and O–H groups in total. The molecule has 2 bridgehead atoms. The van der Waals surface area contributed by atoms with Gasteiger partial charge < -0.3 is 14.0 Å². The highest BCUT2D eigenvalue weighted by atomic mass is 32.2. The third-order valence-electron chi connectivity index (χ3n) is 3.30. The van der Waals surface area contributed by atoms with Gasteiger partial charge in [-0.05, 0) is 13.3 Å². The van der Waals surface area contributed by atoms with Gasteiger partial charge in [-0.1, -0.05) is 13.8 Å². The van der Waals surface area contributed by atoms with Crippen LogP contribution in [0.1, 0.15) is 33.6 Å². The summed E-state index contributed by atoms with van der Waals surface area (Å²) in [7, 11) is -7.73. The normalized spacial score (nSPS) is 32.3. The summed E-state index contributed by atoms with van der Waals surface area (Å²) in [4.78, 5) is 10.3. The number of hydrogen-bond donors (Lipinski definition) is 0. The molecule has 11 heteroatoms. The lowest BCUT2D eigenvalue weighted by Crippen LogP contribution is -2.27. The fraction of sp³-hybridized carbons (Fsp3) is 0.917. The van der Waals surface area contributed by atoms with E-state index >= 15 is 0 Å². The highest BCUT2D eigenvalue weighted by Crippen LogP contribution is 2.46. The second kappa shape index (κ2) is 7.88. The number of hydrogen-bond acceptors (Lipinski definition) is 9. The van der Waals surface area contributed by atoms with E-state index in [1.807, 2.05) is 13.8 Å². The lowest BCUT2D eigenvalue weighted by atomic mass is 9.98. The van der Waals surface area contributed by atoms with Crippen LogP contribution in [0.4, 0.5) is 0 Å². The fourth-order valence-electron chi connectivity index (χ4n) is 2.60. The Labute approximate surface area is 136 Å². The number of esters is 1. The van der Waals surface area contributed by atoms with Crippen LogP contribution in [0.25, 0.3) is 0 Å². The molecule has 0 aromatic rings. The van der Waals surface area contributed by atoms with Crippen LogP contribution < -0.4 is 0 Å². The van der Waals surface area contributed by atoms with Crippen molar-refractivity contribution in [3.63, 3.8) is 0 Å². The van der Waals surface area contributed by atoms with E-state index in [-0.39, 0.29) is 30.2 Å². The summed E-state index contributed by atoms with van der Waals surface area (Å²) in [6.45, 7) is 5.60. The van der Waals surface area contributed by atoms with Gasteiger partial charge in [-0.25, -0.2) is 8.42 Å². The van der Waals surface area contributed by atoms with Crippen molar-refractivity contribution in [2.45, 2.75) is 57.2 Å². The molecule has 23 heavy (non-hydrogen) atoms. The van der Waals surface area contributed by atoms with Crippen molar-refractivity contribution >= 4 is 26.2 Å². The summed E-state index contributed by atoms with van der Waals surface area (Å²) in [6.07, 6.45) is 1.24. The standard InChI is InChI=1S/C6H8O4S.C4H8O5S.C2H6/c7-11(8)5-2-3-1-4(10-11)6(5)9-3;1-2-9-4(5)3-10(6,7)8;1-2/h3-6H,1-2H2;2-3H2,1H3,(H,6,7,8);1-2H3/p-1. The zero-order valence-electron chi connectivity index (χ0n) is 13.1. The van der Waals surface area contributed by atoms with Crippen molar-refractivity contribution in [3.8, 4) is 0 Å². The third-order valence-corrected chi connectivity index (χ3v) is 5.61. The first kappa shape index (κ1) is 20.3. The summed E-state index contributed by atoms with van der Waals surface area (Å²) in [6, 6.07) is 0. The molecule has 3 rings (SSSR count). The minimum absolute atomic E-state index is 0.0777. The van der Waals surface area contributed by atoms with Crippen LogP contribution in [-0.2, 0) is 38.7 Å². The predicted molar refractivity (Wildman–Crippen MR) is 78.0 cm³/mol. The third kappa shape index (κ3) is 5.38. The number of rotatable bonds is 3. The molecule has 9 nitrogen and oxygen atoms in total. The molecule has 0 amide bonds. The molecule has 3 fully saturated rings. The van der Waals surface area contributed by atoms with Gasteiger partial charge in [0.1, 0.15) is 33.3 Å². The van der Waals surface area contributed by atoms with Crippen molar-refractivity contribution in [1.29, 1.82) is 0 Å². The summed E-state index contributed by atoms with van der Waals surface area (Å²) in [5.41, 5.74) is 0. The Hall–Kier alpha value is -0.750. The molecular formula is C12H21O9S2-. The number of carbonyl (C=O) groups excluding carboxylic acids is 1. The predicted octanol–water partition coefficient (Wildman–Crippen LogP) is -0.234. The first-order valence-corrected chi connectivity index (χ1v) is 10.3. The quantitative estimate of drug-likeness (QED) is 0.373. The van der Waals surface area contributed by atoms with Crippen LogP contribution in [0.5, 0.6) is 0 Å². The molecule has 0 aromatic carbocycles. The summed E-state index contributed by atoms with van der Waals surface area (Å²) in [5.74, 6) is -2.08. The van der Waals surface area contributed by atoms with Crippen molar-refractivity contribution in [1.82, 2.24) is 0 Å². The fourth-order valence-corrected chi connectivity index (χ4v) is 4.66. The summed E-state index contributed by atoms with van der Waals surface area (Å²) >= 11 is 0. The average molecular weight is 373 g/mol. The number of fused-ring (bicyclic) bond motifs is 1.